The van der Waals surface area contributed by atoms with Crippen LogP contribution in [0, 0.1) is 0 Å². The van der Waals surface area contributed by atoms with Crippen LogP contribution in [0.5, 0.6) is 11.5 Å². The number of ether oxygens (including phenoxy) is 2. The van der Waals surface area contributed by atoms with Gasteiger partial charge in [0, 0.05) is 12.0 Å². The molecule has 3 rings (SSSR count). The van der Waals surface area contributed by atoms with E-state index >= 15 is 0 Å². The Kier molecular flexibility index (Phi) is 3.98. The average molecular weight is 300 g/mol. The van der Waals surface area contributed by atoms with Crippen molar-refractivity contribution in [3.63, 3.8) is 0 Å². The van der Waals surface area contributed by atoms with E-state index in [0.717, 1.165) is 35.6 Å². The lowest BCUT2D eigenvalue weighted by molar-refractivity contribution is 0.0859. The highest BCUT2D eigenvalue weighted by Gasteiger charge is 2.50. The molecular weight excluding hydrogens is 278 g/mol. The van der Waals surface area contributed by atoms with Gasteiger partial charge in [-0.3, -0.25) is 0 Å². The molecule has 22 heavy (non-hydrogen) atoms. The third kappa shape index (κ3) is 2.14. The molecule has 1 aliphatic carbocycles. The molecule has 4 heteroatoms. The number of hydrogen-bond donors (Lipinski definition) is 1. The summed E-state index contributed by atoms with van der Waals surface area (Å²) in [5, 5.41) is 14.3. The van der Waals surface area contributed by atoms with Crippen molar-refractivity contribution in [1.82, 2.24) is 0 Å². The fraction of sp³-hybridized carbons (Fsp3) is 0.444. The first kappa shape index (κ1) is 15.1. The Morgan fingerprint density at radius 2 is 2.36 bits per heavy atom. The van der Waals surface area contributed by atoms with E-state index in [1.807, 2.05) is 31.3 Å². The second-order valence-corrected chi connectivity index (χ2v) is 5.86. The van der Waals surface area contributed by atoms with Crippen LogP contribution in [-0.4, -0.2) is 38.0 Å². The molecule has 3 atom stereocenters. The van der Waals surface area contributed by atoms with Crippen molar-refractivity contribution in [2.75, 3.05) is 20.7 Å². The van der Waals surface area contributed by atoms with E-state index in [2.05, 4.69) is 18.0 Å². The Bertz CT molecular complexity index is 611. The van der Waals surface area contributed by atoms with Gasteiger partial charge in [0.1, 0.15) is 6.10 Å². The maximum Gasteiger partial charge on any atom is 0.166 e. The Morgan fingerprint density at radius 1 is 1.55 bits per heavy atom. The van der Waals surface area contributed by atoms with Crippen LogP contribution >= 0.6 is 0 Å². The van der Waals surface area contributed by atoms with Gasteiger partial charge in [0.15, 0.2) is 11.5 Å². The zero-order valence-corrected chi connectivity index (χ0v) is 13.1. The van der Waals surface area contributed by atoms with Crippen molar-refractivity contribution >= 4 is 6.08 Å². The molecular formula is C18H22NO3-. The minimum absolute atomic E-state index is 0.0979. The molecule has 0 amide bonds. The van der Waals surface area contributed by atoms with Gasteiger partial charge in [-0.2, -0.15) is 7.05 Å². The number of aliphatic hydroxyl groups is 1. The Hall–Kier alpha value is -1.78. The first-order chi connectivity index (χ1) is 10.7. The molecule has 1 N–H and O–H groups in total. The predicted molar refractivity (Wildman–Crippen MR) is 87.7 cm³/mol. The smallest absolute Gasteiger partial charge is 0.166 e. The van der Waals surface area contributed by atoms with E-state index in [4.69, 9.17) is 9.47 Å². The van der Waals surface area contributed by atoms with Gasteiger partial charge >= 0.3 is 0 Å². The highest BCUT2D eigenvalue weighted by Crippen LogP contribution is 2.54. The molecule has 118 valence electrons. The Morgan fingerprint density at radius 3 is 3.05 bits per heavy atom. The van der Waals surface area contributed by atoms with E-state index in [9.17, 15) is 5.11 Å². The lowest BCUT2D eigenvalue weighted by Gasteiger charge is -2.38. The molecule has 0 saturated carbocycles. The molecule has 1 aliphatic heterocycles. The van der Waals surface area contributed by atoms with E-state index in [1.165, 1.54) is 0 Å². The van der Waals surface area contributed by atoms with Crippen LogP contribution in [0.3, 0.4) is 0 Å². The average Bonchev–Trinajstić information content (AvgIpc) is 2.86. The fourth-order valence-electron chi connectivity index (χ4n) is 3.61. The van der Waals surface area contributed by atoms with Gasteiger partial charge in [0.25, 0.3) is 0 Å². The quantitative estimate of drug-likeness (QED) is 0.850. The monoisotopic (exact) mass is 300 g/mol. The highest BCUT2D eigenvalue weighted by molar-refractivity contribution is 5.68. The Balaban J connectivity index is 2.19. The van der Waals surface area contributed by atoms with Gasteiger partial charge in [-0.05, 0) is 11.6 Å². The van der Waals surface area contributed by atoms with Crippen LogP contribution in [0.25, 0.3) is 11.4 Å². The number of hydrogen-bond acceptors (Lipinski definition) is 3. The van der Waals surface area contributed by atoms with Crippen LogP contribution in [0.1, 0.15) is 24.0 Å². The zero-order chi connectivity index (χ0) is 15.7. The second-order valence-electron chi connectivity index (χ2n) is 5.86. The normalized spacial score (nSPS) is 28.7. The van der Waals surface area contributed by atoms with Crippen LogP contribution in [0.4, 0.5) is 0 Å². The molecule has 0 fully saturated rings. The maximum atomic E-state index is 9.99. The Labute approximate surface area is 131 Å². The fourth-order valence-corrected chi connectivity index (χ4v) is 3.61. The number of benzene rings is 1. The predicted octanol–water partition coefficient (Wildman–Crippen LogP) is 3.05. The van der Waals surface area contributed by atoms with E-state index in [1.54, 1.807) is 7.11 Å². The van der Waals surface area contributed by atoms with E-state index < -0.39 is 6.10 Å². The molecule has 4 nitrogen and oxygen atoms in total. The summed E-state index contributed by atoms with van der Waals surface area (Å²) < 4.78 is 11.7. The minimum atomic E-state index is -0.468. The van der Waals surface area contributed by atoms with Gasteiger partial charge < -0.3 is 19.9 Å². The first-order valence-electron chi connectivity index (χ1n) is 7.60. The SMILES string of the molecule is C=Cc1ccc(OC)c2c1[C@@]1(CC[N-]C)C=C[C@H](O)C[C@H]1O2. The molecule has 2 aliphatic rings. The molecule has 1 aromatic carbocycles. The number of methoxy groups -OCH3 is 1. The summed E-state index contributed by atoms with van der Waals surface area (Å²) in [4.78, 5) is 0. The van der Waals surface area contributed by atoms with Crippen LogP contribution in [0.15, 0.2) is 30.9 Å². The summed E-state index contributed by atoms with van der Waals surface area (Å²) in [5.41, 5.74) is 1.89. The number of nitrogens with zero attached hydrogens (tertiary/aromatic N) is 1. The van der Waals surface area contributed by atoms with Gasteiger partial charge in [-0.1, -0.05) is 37.3 Å². The molecule has 0 unspecified atom stereocenters. The maximum absolute atomic E-state index is 9.99. The molecule has 0 radical (unpaired) electrons. The van der Waals surface area contributed by atoms with Crippen molar-refractivity contribution in [1.29, 1.82) is 0 Å². The third-order valence-electron chi connectivity index (χ3n) is 4.71. The molecule has 0 aromatic heterocycles. The third-order valence-corrected chi connectivity index (χ3v) is 4.71. The summed E-state index contributed by atoms with van der Waals surface area (Å²) in [5.74, 6) is 1.51. The highest BCUT2D eigenvalue weighted by atomic mass is 16.5. The molecule has 0 spiro atoms. The second kappa shape index (κ2) is 5.78. The number of fused-ring (bicyclic) bond motifs is 3. The van der Waals surface area contributed by atoms with E-state index in [-0.39, 0.29) is 11.5 Å². The van der Waals surface area contributed by atoms with Crippen molar-refractivity contribution in [3.05, 3.63) is 47.3 Å². The summed E-state index contributed by atoms with van der Waals surface area (Å²) in [7, 11) is 3.47. The first-order valence-corrected chi connectivity index (χ1v) is 7.60. The van der Waals surface area contributed by atoms with Gasteiger partial charge in [0.05, 0.1) is 18.6 Å². The van der Waals surface area contributed by atoms with Crippen LogP contribution < -0.4 is 9.47 Å². The van der Waals surface area contributed by atoms with E-state index in [0.29, 0.717) is 6.42 Å². The lowest BCUT2D eigenvalue weighted by Crippen LogP contribution is -2.42. The van der Waals surface area contributed by atoms with Gasteiger partial charge in [0.2, 0.25) is 0 Å². The molecule has 1 heterocycles. The van der Waals surface area contributed by atoms with Gasteiger partial charge in [-0.15, -0.1) is 6.54 Å². The van der Waals surface area contributed by atoms with Gasteiger partial charge in [-0.25, -0.2) is 0 Å². The topological polar surface area (TPSA) is 52.8 Å². The summed E-state index contributed by atoms with van der Waals surface area (Å²) in [6.07, 6.45) is 6.68. The molecule has 0 bridgehead atoms. The molecule has 0 saturated heterocycles. The van der Waals surface area contributed by atoms with Crippen molar-refractivity contribution < 1.29 is 14.6 Å². The van der Waals surface area contributed by atoms with Crippen LogP contribution in [-0.2, 0) is 5.41 Å². The van der Waals surface area contributed by atoms with Crippen molar-refractivity contribution in [3.8, 4) is 11.5 Å². The standard InChI is InChI=1S/C18H22NO3/c1-4-12-5-6-14(21-3)17-16(12)18(9-10-19-2)8-7-13(20)11-15(18)22-17/h4-8,13,15,20H,1,9-11H2,2-3H3/q-1/t13-,15+,18+/m0/s1. The zero-order valence-electron chi connectivity index (χ0n) is 13.1. The minimum Gasteiger partial charge on any atom is -0.665 e. The van der Waals surface area contributed by atoms with Crippen molar-refractivity contribution in [2.24, 2.45) is 0 Å². The summed E-state index contributed by atoms with van der Waals surface area (Å²) >= 11 is 0. The number of rotatable bonds is 5. The molecule has 1 aromatic rings. The largest absolute Gasteiger partial charge is 0.665 e. The summed E-state index contributed by atoms with van der Waals surface area (Å²) in [6, 6.07) is 3.92. The number of aliphatic hydroxyl groups excluding tert-OH is 1. The van der Waals surface area contributed by atoms with Crippen molar-refractivity contribution in [2.45, 2.75) is 30.5 Å². The van der Waals surface area contributed by atoms with Crippen LogP contribution in [0.2, 0.25) is 0 Å². The summed E-state index contributed by atoms with van der Waals surface area (Å²) in [6.45, 7) is 4.68. The lowest BCUT2D eigenvalue weighted by atomic mass is 9.68.